The van der Waals surface area contributed by atoms with Crippen LogP contribution in [0.3, 0.4) is 0 Å². The van der Waals surface area contributed by atoms with Gasteiger partial charge in [0.25, 0.3) is 15.9 Å². The fraction of sp³-hybridized carbons (Fsp3) is 0.143. The molecular formula is C21H21FN4O3S. The molecule has 1 heterocycles. The number of carbonyl (C=O) groups is 1. The van der Waals surface area contributed by atoms with Crippen molar-refractivity contribution in [1.29, 1.82) is 0 Å². The molecule has 0 unspecified atom stereocenters. The lowest BCUT2D eigenvalue weighted by Gasteiger charge is -2.16. The number of aryl methyl sites for hydroxylation is 2. The molecule has 0 aliphatic carbocycles. The van der Waals surface area contributed by atoms with Crippen molar-refractivity contribution in [3.63, 3.8) is 0 Å². The lowest BCUT2D eigenvalue weighted by molar-refractivity contribution is 0.0963. The second-order valence-corrected chi connectivity index (χ2v) is 8.31. The maximum atomic E-state index is 13.4. The molecule has 0 fully saturated rings. The molecule has 0 atom stereocenters. The summed E-state index contributed by atoms with van der Waals surface area (Å²) in [6.45, 7) is 3.40. The Hall–Kier alpha value is -3.46. The standard InChI is InChI=1S/C21H21FN4O3S/c1-13-6-4-5-7-17(13)25-20-18(11-15(12-24-20)21(27)23-3)26-30(28,29)19-9-8-16(22)10-14(19)2/h4-12,26H,1-3H3,(H,23,27)(H,24,25). The fourth-order valence-electron chi connectivity index (χ4n) is 2.87. The van der Waals surface area contributed by atoms with Crippen LogP contribution in [0, 0.1) is 19.7 Å². The third-order valence-corrected chi connectivity index (χ3v) is 5.97. The molecule has 3 rings (SSSR count). The van der Waals surface area contributed by atoms with E-state index in [0.717, 1.165) is 23.4 Å². The summed E-state index contributed by atoms with van der Waals surface area (Å²) in [7, 11) is -2.60. The van der Waals surface area contributed by atoms with E-state index in [0.29, 0.717) is 0 Å². The van der Waals surface area contributed by atoms with Crippen LogP contribution in [-0.4, -0.2) is 26.4 Å². The third kappa shape index (κ3) is 4.57. The van der Waals surface area contributed by atoms with Crippen molar-refractivity contribution in [3.05, 3.63) is 77.2 Å². The Bertz CT molecular complexity index is 1210. The molecule has 3 aromatic rings. The molecule has 3 N–H and O–H groups in total. The first-order chi connectivity index (χ1) is 14.2. The molecule has 0 bridgehead atoms. The van der Waals surface area contributed by atoms with E-state index < -0.39 is 21.7 Å². The monoisotopic (exact) mass is 428 g/mol. The number of nitrogens with one attached hydrogen (secondary N) is 3. The van der Waals surface area contributed by atoms with Gasteiger partial charge in [-0.25, -0.2) is 17.8 Å². The Labute approximate surface area is 174 Å². The molecule has 0 saturated carbocycles. The molecule has 7 nitrogen and oxygen atoms in total. The van der Waals surface area contributed by atoms with Gasteiger partial charge >= 0.3 is 0 Å². The highest BCUT2D eigenvalue weighted by atomic mass is 32.2. The predicted molar refractivity (Wildman–Crippen MR) is 114 cm³/mol. The van der Waals surface area contributed by atoms with Crippen LogP contribution in [0.5, 0.6) is 0 Å². The van der Waals surface area contributed by atoms with Crippen LogP contribution in [-0.2, 0) is 10.0 Å². The summed E-state index contributed by atoms with van der Waals surface area (Å²) in [5, 5.41) is 5.57. The van der Waals surface area contributed by atoms with Gasteiger partial charge in [0, 0.05) is 18.9 Å². The van der Waals surface area contributed by atoms with Crippen LogP contribution in [0.15, 0.2) is 59.6 Å². The number of halogens is 1. The minimum atomic E-state index is -4.06. The van der Waals surface area contributed by atoms with Gasteiger partial charge in [0.15, 0.2) is 5.82 Å². The topological polar surface area (TPSA) is 100 Å². The maximum absolute atomic E-state index is 13.4. The fourth-order valence-corrected chi connectivity index (χ4v) is 4.15. The van der Waals surface area contributed by atoms with Gasteiger partial charge in [-0.2, -0.15) is 0 Å². The van der Waals surface area contributed by atoms with Crippen LogP contribution < -0.4 is 15.4 Å². The normalized spacial score (nSPS) is 11.1. The number of pyridine rings is 1. The largest absolute Gasteiger partial charge is 0.355 e. The lowest BCUT2D eigenvalue weighted by atomic mass is 10.2. The zero-order valence-corrected chi connectivity index (χ0v) is 17.5. The third-order valence-electron chi connectivity index (χ3n) is 4.45. The highest BCUT2D eigenvalue weighted by Crippen LogP contribution is 2.29. The van der Waals surface area contributed by atoms with E-state index in [1.165, 1.54) is 32.3 Å². The van der Waals surface area contributed by atoms with Gasteiger partial charge in [-0.1, -0.05) is 18.2 Å². The molecular weight excluding hydrogens is 407 g/mol. The number of carbonyl (C=O) groups excluding carboxylic acids is 1. The summed E-state index contributed by atoms with van der Waals surface area (Å²) in [5.41, 5.74) is 2.18. The van der Waals surface area contributed by atoms with E-state index in [1.54, 1.807) is 0 Å². The number of hydrogen-bond acceptors (Lipinski definition) is 5. The van der Waals surface area contributed by atoms with E-state index in [4.69, 9.17) is 0 Å². The summed E-state index contributed by atoms with van der Waals surface area (Å²) < 4.78 is 41.8. The first-order valence-electron chi connectivity index (χ1n) is 9.05. The number of benzene rings is 2. The minimum absolute atomic E-state index is 0.0731. The first-order valence-corrected chi connectivity index (χ1v) is 10.5. The number of nitrogens with zero attached hydrogens (tertiary/aromatic N) is 1. The number of sulfonamides is 1. The molecule has 0 saturated heterocycles. The second-order valence-electron chi connectivity index (χ2n) is 6.65. The van der Waals surface area contributed by atoms with Gasteiger partial charge in [0.1, 0.15) is 5.82 Å². The van der Waals surface area contributed by atoms with Crippen molar-refractivity contribution in [2.45, 2.75) is 18.7 Å². The Morgan fingerprint density at radius 2 is 1.73 bits per heavy atom. The predicted octanol–water partition coefficient (Wildman–Crippen LogP) is 3.74. The van der Waals surface area contributed by atoms with E-state index in [2.05, 4.69) is 20.3 Å². The average Bonchev–Trinajstić information content (AvgIpc) is 2.69. The highest BCUT2D eigenvalue weighted by molar-refractivity contribution is 7.92. The van der Waals surface area contributed by atoms with Crippen LogP contribution in [0.1, 0.15) is 21.5 Å². The number of rotatable bonds is 6. The van der Waals surface area contributed by atoms with Crippen molar-refractivity contribution in [3.8, 4) is 0 Å². The van der Waals surface area contributed by atoms with Crippen molar-refractivity contribution < 1.29 is 17.6 Å². The van der Waals surface area contributed by atoms with Crippen molar-refractivity contribution >= 4 is 33.1 Å². The van der Waals surface area contributed by atoms with Gasteiger partial charge in [0.05, 0.1) is 16.1 Å². The molecule has 0 spiro atoms. The van der Waals surface area contributed by atoms with Crippen LogP contribution in [0.25, 0.3) is 0 Å². The minimum Gasteiger partial charge on any atom is -0.355 e. The molecule has 9 heteroatoms. The quantitative estimate of drug-likeness (QED) is 0.555. The summed E-state index contributed by atoms with van der Waals surface area (Å²) in [4.78, 5) is 16.2. The zero-order valence-electron chi connectivity index (χ0n) is 16.7. The number of hydrogen-bond donors (Lipinski definition) is 3. The summed E-state index contributed by atoms with van der Waals surface area (Å²) >= 11 is 0. The van der Waals surface area contributed by atoms with Gasteiger partial charge in [-0.3, -0.25) is 9.52 Å². The van der Waals surface area contributed by atoms with Crippen molar-refractivity contribution in [2.75, 3.05) is 17.1 Å². The number of aromatic nitrogens is 1. The first kappa shape index (κ1) is 21.3. The molecule has 156 valence electrons. The van der Waals surface area contributed by atoms with E-state index in [1.807, 2.05) is 31.2 Å². The molecule has 1 amide bonds. The Kier molecular flexibility index (Phi) is 6.02. The second kappa shape index (κ2) is 8.50. The Morgan fingerprint density at radius 3 is 2.40 bits per heavy atom. The summed E-state index contributed by atoms with van der Waals surface area (Å²) in [6, 6.07) is 12.2. The maximum Gasteiger partial charge on any atom is 0.262 e. The smallest absolute Gasteiger partial charge is 0.262 e. The van der Waals surface area contributed by atoms with Gasteiger partial charge < -0.3 is 10.6 Å². The molecule has 0 radical (unpaired) electrons. The van der Waals surface area contributed by atoms with Crippen molar-refractivity contribution in [1.82, 2.24) is 10.3 Å². The molecule has 2 aromatic carbocycles. The summed E-state index contributed by atoms with van der Waals surface area (Å²) in [6.07, 6.45) is 1.35. The number of para-hydroxylation sites is 1. The van der Waals surface area contributed by atoms with Crippen molar-refractivity contribution in [2.24, 2.45) is 0 Å². The van der Waals surface area contributed by atoms with E-state index >= 15 is 0 Å². The SMILES string of the molecule is CNC(=O)c1cnc(Nc2ccccc2C)c(NS(=O)(=O)c2ccc(F)cc2C)c1. The molecule has 0 aliphatic rings. The Morgan fingerprint density at radius 1 is 1.00 bits per heavy atom. The Balaban J connectivity index is 2.06. The molecule has 0 aliphatic heterocycles. The van der Waals surface area contributed by atoms with E-state index in [-0.39, 0.29) is 27.5 Å². The molecule has 30 heavy (non-hydrogen) atoms. The molecule has 1 aromatic heterocycles. The number of anilines is 3. The van der Waals surface area contributed by atoms with Crippen LogP contribution >= 0.6 is 0 Å². The van der Waals surface area contributed by atoms with Crippen LogP contribution in [0.2, 0.25) is 0 Å². The number of amides is 1. The van der Waals surface area contributed by atoms with Crippen LogP contribution in [0.4, 0.5) is 21.6 Å². The lowest BCUT2D eigenvalue weighted by Crippen LogP contribution is -2.20. The average molecular weight is 428 g/mol. The summed E-state index contributed by atoms with van der Waals surface area (Å²) in [5.74, 6) is -0.722. The van der Waals surface area contributed by atoms with Gasteiger partial charge in [0.2, 0.25) is 0 Å². The van der Waals surface area contributed by atoms with Gasteiger partial charge in [-0.15, -0.1) is 0 Å². The zero-order chi connectivity index (χ0) is 21.9. The highest BCUT2D eigenvalue weighted by Gasteiger charge is 2.21. The van der Waals surface area contributed by atoms with Gasteiger partial charge in [-0.05, 0) is 55.3 Å². The van der Waals surface area contributed by atoms with E-state index in [9.17, 15) is 17.6 Å².